The second-order valence-electron chi connectivity index (χ2n) is 6.42. The van der Waals surface area contributed by atoms with E-state index >= 15 is 0 Å². The molecule has 0 fully saturated rings. The smallest absolute Gasteiger partial charge is 0.407 e. The summed E-state index contributed by atoms with van der Waals surface area (Å²) in [6.07, 6.45) is 0.0252. The van der Waals surface area contributed by atoms with Crippen molar-refractivity contribution in [2.75, 3.05) is 13.2 Å². The van der Waals surface area contributed by atoms with E-state index in [2.05, 4.69) is 10.3 Å². The molecule has 1 heterocycles. The van der Waals surface area contributed by atoms with Crippen LogP contribution in [0.4, 0.5) is 4.79 Å². The number of para-hydroxylation sites is 1. The van der Waals surface area contributed by atoms with Crippen molar-refractivity contribution in [2.45, 2.75) is 39.7 Å². The van der Waals surface area contributed by atoms with Gasteiger partial charge in [0.15, 0.2) is 0 Å². The van der Waals surface area contributed by atoms with Crippen LogP contribution in [0.3, 0.4) is 0 Å². The highest BCUT2D eigenvalue weighted by Gasteiger charge is 2.19. The molecule has 0 aliphatic carbocycles. The van der Waals surface area contributed by atoms with Gasteiger partial charge in [-0.25, -0.2) is 9.59 Å². The Bertz CT molecular complexity index is 728. The van der Waals surface area contributed by atoms with Crippen LogP contribution in [0.2, 0.25) is 0 Å². The Balaban J connectivity index is 2.13. The van der Waals surface area contributed by atoms with Crippen LogP contribution >= 0.6 is 0 Å². The number of nitrogens with one attached hydrogen (secondary N) is 2. The zero-order valence-corrected chi connectivity index (χ0v) is 14.6. The molecule has 0 spiro atoms. The molecule has 130 valence electrons. The molecule has 1 aromatic heterocycles. The van der Waals surface area contributed by atoms with Crippen LogP contribution < -0.4 is 5.32 Å². The molecular formula is C18H24N2O4. The number of carbonyl (C=O) groups excluding carboxylic acids is 2. The molecule has 0 radical (unpaired) electrons. The maximum Gasteiger partial charge on any atom is 0.407 e. The number of fused-ring (bicyclic) bond motifs is 1. The number of amides is 1. The van der Waals surface area contributed by atoms with Gasteiger partial charge >= 0.3 is 12.1 Å². The number of H-pyrrole nitrogens is 1. The standard InChI is InChI=1S/C18H24N2O4/c1-5-23-16(21)15-13(12-8-6-7-9-14(12)20-15)10-11-19-17(22)24-18(2,3)4/h6-9,20H,5,10-11H2,1-4H3,(H,19,22). The van der Waals surface area contributed by atoms with Crippen molar-refractivity contribution in [3.63, 3.8) is 0 Å². The molecule has 0 aliphatic rings. The SMILES string of the molecule is CCOC(=O)c1[nH]c2ccccc2c1CCNC(=O)OC(C)(C)C. The van der Waals surface area contributed by atoms with E-state index in [9.17, 15) is 9.59 Å². The highest BCUT2D eigenvalue weighted by Crippen LogP contribution is 2.23. The lowest BCUT2D eigenvalue weighted by molar-refractivity contribution is 0.0517. The maximum atomic E-state index is 12.2. The molecular weight excluding hydrogens is 308 g/mol. The number of hydrogen-bond donors (Lipinski definition) is 2. The van der Waals surface area contributed by atoms with E-state index in [0.717, 1.165) is 16.5 Å². The molecule has 0 unspecified atom stereocenters. The number of carbonyl (C=O) groups is 2. The molecule has 6 nitrogen and oxygen atoms in total. The Kier molecular flexibility index (Phi) is 5.49. The van der Waals surface area contributed by atoms with E-state index in [1.54, 1.807) is 6.92 Å². The van der Waals surface area contributed by atoms with Gasteiger partial charge in [0.25, 0.3) is 0 Å². The van der Waals surface area contributed by atoms with E-state index in [1.165, 1.54) is 0 Å². The Morgan fingerprint density at radius 1 is 1.21 bits per heavy atom. The summed E-state index contributed by atoms with van der Waals surface area (Å²) in [6, 6.07) is 7.66. The van der Waals surface area contributed by atoms with Crippen molar-refractivity contribution in [2.24, 2.45) is 0 Å². The lowest BCUT2D eigenvalue weighted by atomic mass is 10.1. The van der Waals surface area contributed by atoms with Crippen molar-refractivity contribution < 1.29 is 19.1 Å². The third-order valence-corrected chi connectivity index (χ3v) is 3.34. The van der Waals surface area contributed by atoms with Gasteiger partial charge in [0, 0.05) is 17.4 Å². The molecule has 6 heteroatoms. The average Bonchev–Trinajstić information content (AvgIpc) is 2.85. The first-order valence-electron chi connectivity index (χ1n) is 8.05. The first kappa shape index (κ1) is 17.8. The highest BCUT2D eigenvalue weighted by molar-refractivity contribution is 5.98. The Morgan fingerprint density at radius 2 is 1.92 bits per heavy atom. The van der Waals surface area contributed by atoms with Gasteiger partial charge in [-0.2, -0.15) is 0 Å². The number of aromatic nitrogens is 1. The Labute approximate surface area is 141 Å². The minimum absolute atomic E-state index is 0.309. The van der Waals surface area contributed by atoms with Crippen molar-refractivity contribution in [3.8, 4) is 0 Å². The molecule has 0 atom stereocenters. The van der Waals surface area contributed by atoms with Crippen LogP contribution in [0.25, 0.3) is 10.9 Å². The van der Waals surface area contributed by atoms with Crippen LogP contribution in [0, 0.1) is 0 Å². The molecule has 24 heavy (non-hydrogen) atoms. The Hall–Kier alpha value is -2.50. The summed E-state index contributed by atoms with van der Waals surface area (Å²) < 4.78 is 10.3. The maximum absolute atomic E-state index is 12.2. The lowest BCUT2D eigenvalue weighted by Crippen LogP contribution is -2.33. The predicted octanol–water partition coefficient (Wildman–Crippen LogP) is 3.41. The fourth-order valence-corrected chi connectivity index (χ4v) is 2.44. The number of benzene rings is 1. The van der Waals surface area contributed by atoms with Crippen LogP contribution in [0.5, 0.6) is 0 Å². The quantitative estimate of drug-likeness (QED) is 0.822. The van der Waals surface area contributed by atoms with E-state index in [0.29, 0.717) is 25.3 Å². The molecule has 2 aromatic rings. The second-order valence-corrected chi connectivity index (χ2v) is 6.42. The minimum atomic E-state index is -0.541. The number of rotatable bonds is 5. The summed E-state index contributed by atoms with van der Waals surface area (Å²) in [5.74, 6) is -0.388. The zero-order chi connectivity index (χ0) is 17.7. The summed E-state index contributed by atoms with van der Waals surface area (Å²) >= 11 is 0. The molecule has 0 aliphatic heterocycles. The van der Waals surface area contributed by atoms with Crippen LogP contribution in [-0.2, 0) is 15.9 Å². The lowest BCUT2D eigenvalue weighted by Gasteiger charge is -2.19. The third kappa shape index (κ3) is 4.50. The first-order chi connectivity index (χ1) is 11.3. The topological polar surface area (TPSA) is 80.4 Å². The minimum Gasteiger partial charge on any atom is -0.461 e. The zero-order valence-electron chi connectivity index (χ0n) is 14.6. The molecule has 0 bridgehead atoms. The van der Waals surface area contributed by atoms with E-state index in [1.807, 2.05) is 45.0 Å². The Morgan fingerprint density at radius 3 is 2.58 bits per heavy atom. The summed E-state index contributed by atoms with van der Waals surface area (Å²) in [5, 5.41) is 3.66. The number of aromatic amines is 1. The molecule has 1 aromatic carbocycles. The normalized spacial score (nSPS) is 11.3. The van der Waals surface area contributed by atoms with Gasteiger partial charge in [-0.3, -0.25) is 0 Å². The van der Waals surface area contributed by atoms with Gasteiger partial charge < -0.3 is 19.8 Å². The monoisotopic (exact) mass is 332 g/mol. The first-order valence-corrected chi connectivity index (χ1v) is 8.05. The van der Waals surface area contributed by atoms with Crippen LogP contribution in [-0.4, -0.2) is 35.8 Å². The van der Waals surface area contributed by atoms with Gasteiger partial charge in [0.1, 0.15) is 11.3 Å². The fraction of sp³-hybridized carbons (Fsp3) is 0.444. The van der Waals surface area contributed by atoms with Gasteiger partial charge in [-0.1, -0.05) is 18.2 Å². The number of ether oxygens (including phenoxy) is 2. The van der Waals surface area contributed by atoms with E-state index in [-0.39, 0.29) is 5.97 Å². The second kappa shape index (κ2) is 7.38. The van der Waals surface area contributed by atoms with Crippen LogP contribution in [0.1, 0.15) is 43.7 Å². The van der Waals surface area contributed by atoms with E-state index < -0.39 is 11.7 Å². The highest BCUT2D eigenvalue weighted by atomic mass is 16.6. The van der Waals surface area contributed by atoms with Gasteiger partial charge in [0.05, 0.1) is 6.61 Å². The number of alkyl carbamates (subject to hydrolysis) is 1. The number of hydrogen-bond acceptors (Lipinski definition) is 4. The van der Waals surface area contributed by atoms with Gasteiger partial charge in [-0.05, 0) is 45.7 Å². The molecule has 2 rings (SSSR count). The molecule has 2 N–H and O–H groups in total. The fourth-order valence-electron chi connectivity index (χ4n) is 2.44. The predicted molar refractivity (Wildman–Crippen MR) is 92.2 cm³/mol. The van der Waals surface area contributed by atoms with Crippen molar-refractivity contribution in [1.29, 1.82) is 0 Å². The number of esters is 1. The largest absolute Gasteiger partial charge is 0.461 e. The summed E-state index contributed by atoms with van der Waals surface area (Å²) in [4.78, 5) is 27.0. The molecule has 1 amide bonds. The van der Waals surface area contributed by atoms with E-state index in [4.69, 9.17) is 9.47 Å². The van der Waals surface area contributed by atoms with Crippen molar-refractivity contribution in [1.82, 2.24) is 10.3 Å². The van der Waals surface area contributed by atoms with Gasteiger partial charge in [0.2, 0.25) is 0 Å². The summed E-state index contributed by atoms with van der Waals surface area (Å²) in [5.41, 5.74) is 1.60. The third-order valence-electron chi connectivity index (χ3n) is 3.34. The summed E-state index contributed by atoms with van der Waals surface area (Å²) in [6.45, 7) is 7.87. The summed E-state index contributed by atoms with van der Waals surface area (Å²) in [7, 11) is 0. The molecule has 0 saturated carbocycles. The van der Waals surface area contributed by atoms with Crippen LogP contribution in [0.15, 0.2) is 24.3 Å². The van der Waals surface area contributed by atoms with Crippen molar-refractivity contribution in [3.05, 3.63) is 35.5 Å². The molecule has 0 saturated heterocycles. The van der Waals surface area contributed by atoms with Crippen molar-refractivity contribution >= 4 is 23.0 Å². The van der Waals surface area contributed by atoms with Gasteiger partial charge in [-0.15, -0.1) is 0 Å². The average molecular weight is 332 g/mol.